The molecule has 0 aromatic heterocycles. The average molecular weight is 302 g/mol. The Morgan fingerprint density at radius 1 is 1.27 bits per heavy atom. The Balaban J connectivity index is 1.70. The van der Waals surface area contributed by atoms with Crippen LogP contribution < -0.4 is 5.32 Å². The van der Waals surface area contributed by atoms with Gasteiger partial charge in [0.15, 0.2) is 0 Å². The van der Waals surface area contributed by atoms with Crippen molar-refractivity contribution in [3.05, 3.63) is 35.9 Å². The molecule has 1 N–H and O–H groups in total. The number of hydrogen-bond acceptors (Lipinski definition) is 2. The lowest BCUT2D eigenvalue weighted by Crippen LogP contribution is -2.34. The molecule has 1 fully saturated rings. The smallest absolute Gasteiger partial charge is 0.225 e. The van der Waals surface area contributed by atoms with Crippen LogP contribution in [-0.2, 0) is 16.0 Å². The van der Waals surface area contributed by atoms with Crippen LogP contribution in [0, 0.1) is 5.92 Å². The lowest BCUT2D eigenvalue weighted by atomic mass is 10.1. The minimum atomic E-state index is -0.176. The quantitative estimate of drug-likeness (QED) is 0.750. The van der Waals surface area contributed by atoms with Gasteiger partial charge in [-0.1, -0.05) is 50.1 Å². The fraction of sp³-hybridized carbons (Fsp3) is 0.556. The van der Waals surface area contributed by atoms with Gasteiger partial charge in [0.05, 0.1) is 5.92 Å². The maximum absolute atomic E-state index is 12.2. The lowest BCUT2D eigenvalue weighted by molar-refractivity contribution is -0.129. The molecule has 1 aliphatic rings. The molecule has 2 rings (SSSR count). The predicted molar refractivity (Wildman–Crippen MR) is 87.4 cm³/mol. The number of benzene rings is 1. The number of nitrogens with zero attached hydrogens (tertiary/aromatic N) is 1. The van der Waals surface area contributed by atoms with Gasteiger partial charge in [-0.3, -0.25) is 9.59 Å². The molecule has 0 spiro atoms. The molecule has 0 saturated carbocycles. The SMILES string of the molecule is CCCCCN1CC(C(=O)NCCc2ccccc2)CC1=O. The van der Waals surface area contributed by atoms with Gasteiger partial charge >= 0.3 is 0 Å². The summed E-state index contributed by atoms with van der Waals surface area (Å²) in [5.74, 6) is -0.0357. The molecule has 0 bridgehead atoms. The van der Waals surface area contributed by atoms with Gasteiger partial charge in [0.25, 0.3) is 0 Å². The van der Waals surface area contributed by atoms with Crippen LogP contribution in [0.5, 0.6) is 0 Å². The molecule has 1 heterocycles. The van der Waals surface area contributed by atoms with E-state index in [-0.39, 0.29) is 17.7 Å². The molecule has 4 heteroatoms. The van der Waals surface area contributed by atoms with E-state index in [9.17, 15) is 9.59 Å². The molecule has 2 amide bonds. The topological polar surface area (TPSA) is 49.4 Å². The van der Waals surface area contributed by atoms with Gasteiger partial charge in [0.1, 0.15) is 0 Å². The van der Waals surface area contributed by atoms with Crippen molar-refractivity contribution in [1.82, 2.24) is 10.2 Å². The van der Waals surface area contributed by atoms with Crippen LogP contribution in [0.15, 0.2) is 30.3 Å². The molecule has 1 unspecified atom stereocenters. The Morgan fingerprint density at radius 3 is 2.77 bits per heavy atom. The second-order valence-corrected chi connectivity index (χ2v) is 5.97. The minimum absolute atomic E-state index is 0.0160. The van der Waals surface area contributed by atoms with Crippen LogP contribution >= 0.6 is 0 Å². The molecular formula is C18H26N2O2. The van der Waals surface area contributed by atoms with E-state index in [0.29, 0.717) is 19.5 Å². The molecule has 120 valence electrons. The van der Waals surface area contributed by atoms with Gasteiger partial charge < -0.3 is 10.2 Å². The molecule has 1 aromatic carbocycles. The van der Waals surface area contributed by atoms with E-state index in [1.165, 1.54) is 5.56 Å². The molecule has 0 radical (unpaired) electrons. The van der Waals surface area contributed by atoms with Gasteiger partial charge in [0, 0.05) is 26.1 Å². The largest absolute Gasteiger partial charge is 0.355 e. The van der Waals surface area contributed by atoms with Gasteiger partial charge in [-0.2, -0.15) is 0 Å². The fourth-order valence-electron chi connectivity index (χ4n) is 2.84. The summed E-state index contributed by atoms with van der Waals surface area (Å²) in [7, 11) is 0. The summed E-state index contributed by atoms with van der Waals surface area (Å²) in [5, 5.41) is 2.96. The highest BCUT2D eigenvalue weighted by atomic mass is 16.2. The third-order valence-corrected chi connectivity index (χ3v) is 4.17. The summed E-state index contributed by atoms with van der Waals surface area (Å²) in [4.78, 5) is 25.9. The molecular weight excluding hydrogens is 276 g/mol. The van der Waals surface area contributed by atoms with Gasteiger partial charge in [-0.15, -0.1) is 0 Å². The van der Waals surface area contributed by atoms with Crippen LogP contribution in [0.4, 0.5) is 0 Å². The van der Waals surface area contributed by atoms with Gasteiger partial charge in [-0.25, -0.2) is 0 Å². The monoisotopic (exact) mass is 302 g/mol. The second-order valence-electron chi connectivity index (χ2n) is 5.97. The summed E-state index contributed by atoms with van der Waals surface area (Å²) in [6.45, 7) is 4.15. The van der Waals surface area contributed by atoms with Crippen LogP contribution in [0.2, 0.25) is 0 Å². The molecule has 1 saturated heterocycles. The Morgan fingerprint density at radius 2 is 2.05 bits per heavy atom. The third kappa shape index (κ3) is 4.86. The number of carbonyl (C=O) groups is 2. The van der Waals surface area contributed by atoms with Crippen LogP contribution in [0.1, 0.15) is 38.2 Å². The summed E-state index contributed by atoms with van der Waals surface area (Å²) in [5.41, 5.74) is 1.21. The van der Waals surface area contributed by atoms with E-state index in [0.717, 1.165) is 32.2 Å². The van der Waals surface area contributed by atoms with E-state index in [2.05, 4.69) is 24.4 Å². The first-order chi connectivity index (χ1) is 10.7. The van der Waals surface area contributed by atoms with Crippen molar-refractivity contribution in [2.45, 2.75) is 39.0 Å². The van der Waals surface area contributed by atoms with E-state index < -0.39 is 0 Å². The van der Waals surface area contributed by atoms with E-state index in [4.69, 9.17) is 0 Å². The molecule has 22 heavy (non-hydrogen) atoms. The normalized spacial score (nSPS) is 17.8. The van der Waals surface area contributed by atoms with Crippen LogP contribution in [0.25, 0.3) is 0 Å². The van der Waals surface area contributed by atoms with Crippen LogP contribution in [-0.4, -0.2) is 36.3 Å². The lowest BCUT2D eigenvalue weighted by Gasteiger charge is -2.16. The highest BCUT2D eigenvalue weighted by molar-refractivity contribution is 5.89. The molecule has 0 aliphatic carbocycles. The zero-order valence-corrected chi connectivity index (χ0v) is 13.4. The van der Waals surface area contributed by atoms with E-state index in [1.54, 1.807) is 0 Å². The molecule has 1 atom stereocenters. The number of amides is 2. The van der Waals surface area contributed by atoms with E-state index >= 15 is 0 Å². The number of nitrogens with one attached hydrogen (secondary N) is 1. The Labute approximate surface area is 132 Å². The van der Waals surface area contributed by atoms with Crippen LogP contribution in [0.3, 0.4) is 0 Å². The summed E-state index contributed by atoms with van der Waals surface area (Å²) in [6, 6.07) is 10.1. The average Bonchev–Trinajstić information content (AvgIpc) is 2.90. The van der Waals surface area contributed by atoms with Crippen molar-refractivity contribution >= 4 is 11.8 Å². The van der Waals surface area contributed by atoms with Gasteiger partial charge in [0.2, 0.25) is 11.8 Å². The zero-order valence-electron chi connectivity index (χ0n) is 13.4. The first-order valence-electron chi connectivity index (χ1n) is 8.30. The molecule has 1 aromatic rings. The standard InChI is InChI=1S/C18H26N2O2/c1-2-3-7-12-20-14-16(13-17(20)21)18(22)19-11-10-15-8-5-4-6-9-15/h4-6,8-9,16H,2-3,7,10-14H2,1H3,(H,19,22). The number of rotatable bonds is 8. The highest BCUT2D eigenvalue weighted by Gasteiger charge is 2.33. The van der Waals surface area contributed by atoms with Crippen molar-refractivity contribution in [1.29, 1.82) is 0 Å². The van der Waals surface area contributed by atoms with Crippen molar-refractivity contribution in [3.8, 4) is 0 Å². The van der Waals surface area contributed by atoms with Crippen molar-refractivity contribution in [3.63, 3.8) is 0 Å². The number of likely N-dealkylation sites (tertiary alicyclic amines) is 1. The number of carbonyl (C=O) groups excluding carboxylic acids is 2. The minimum Gasteiger partial charge on any atom is -0.355 e. The number of hydrogen-bond donors (Lipinski definition) is 1. The second kappa shape index (κ2) is 8.57. The third-order valence-electron chi connectivity index (χ3n) is 4.17. The highest BCUT2D eigenvalue weighted by Crippen LogP contribution is 2.18. The van der Waals surface area contributed by atoms with Crippen molar-refractivity contribution in [2.24, 2.45) is 5.92 Å². The Hall–Kier alpha value is -1.84. The maximum Gasteiger partial charge on any atom is 0.225 e. The maximum atomic E-state index is 12.2. The Bertz CT molecular complexity index is 487. The van der Waals surface area contributed by atoms with Crippen molar-refractivity contribution < 1.29 is 9.59 Å². The summed E-state index contributed by atoms with van der Waals surface area (Å²) >= 11 is 0. The van der Waals surface area contributed by atoms with Crippen molar-refractivity contribution in [2.75, 3.05) is 19.6 Å². The molecule has 1 aliphatic heterocycles. The van der Waals surface area contributed by atoms with Gasteiger partial charge in [-0.05, 0) is 18.4 Å². The first-order valence-corrected chi connectivity index (χ1v) is 8.30. The van der Waals surface area contributed by atoms with E-state index in [1.807, 2.05) is 23.1 Å². The first kappa shape index (κ1) is 16.5. The Kier molecular flexibility index (Phi) is 6.44. The molecule has 4 nitrogen and oxygen atoms in total. The zero-order chi connectivity index (χ0) is 15.8. The summed E-state index contributed by atoms with van der Waals surface area (Å²) < 4.78 is 0. The predicted octanol–water partition coefficient (Wildman–Crippen LogP) is 2.38. The fourth-order valence-corrected chi connectivity index (χ4v) is 2.84. The number of unbranched alkanes of at least 4 members (excludes halogenated alkanes) is 2. The summed E-state index contributed by atoms with van der Waals surface area (Å²) in [6.07, 6.45) is 4.50.